The highest BCUT2D eigenvalue weighted by molar-refractivity contribution is 6.32. The van der Waals surface area contributed by atoms with Crippen molar-refractivity contribution in [3.8, 4) is 5.69 Å². The van der Waals surface area contributed by atoms with E-state index in [1.165, 1.54) is 0 Å². The Morgan fingerprint density at radius 3 is 2.88 bits per heavy atom. The molecule has 0 fully saturated rings. The summed E-state index contributed by atoms with van der Waals surface area (Å²) in [6, 6.07) is 4.91. The Kier molecular flexibility index (Phi) is 3.42. The molecule has 1 aromatic carbocycles. The van der Waals surface area contributed by atoms with Crippen molar-refractivity contribution in [1.82, 2.24) is 14.8 Å². The van der Waals surface area contributed by atoms with Crippen LogP contribution in [0.2, 0.25) is 5.02 Å². The number of hydrogen-bond donors (Lipinski definition) is 2. The van der Waals surface area contributed by atoms with Gasteiger partial charge in [-0.05, 0) is 24.6 Å². The molecule has 1 aromatic heterocycles. The Hall–Kier alpha value is -1.43. The molecule has 1 atom stereocenters. The summed E-state index contributed by atoms with van der Waals surface area (Å²) in [5.74, 6) is 0.665. The van der Waals surface area contributed by atoms with Crippen LogP contribution in [-0.2, 0) is 0 Å². The van der Waals surface area contributed by atoms with Gasteiger partial charge in [0.15, 0.2) is 0 Å². The standard InChI is InChI=1S/C11H13ClN4O/c1-7-14-6-16(15-7)11-4-8(10(13)5-17)2-3-9(11)12/h2-4,6,10,17H,5,13H2,1H3. The maximum Gasteiger partial charge on any atom is 0.147 e. The van der Waals surface area contributed by atoms with Gasteiger partial charge in [0.25, 0.3) is 0 Å². The molecule has 0 saturated carbocycles. The van der Waals surface area contributed by atoms with E-state index in [1.807, 2.05) is 0 Å². The Morgan fingerprint density at radius 2 is 2.29 bits per heavy atom. The van der Waals surface area contributed by atoms with Crippen molar-refractivity contribution >= 4 is 11.6 Å². The monoisotopic (exact) mass is 252 g/mol. The summed E-state index contributed by atoms with van der Waals surface area (Å²) < 4.78 is 1.59. The van der Waals surface area contributed by atoms with Crippen LogP contribution in [0.25, 0.3) is 5.69 Å². The minimum absolute atomic E-state index is 0.114. The third-order valence-corrected chi connectivity index (χ3v) is 2.77. The molecule has 3 N–H and O–H groups in total. The van der Waals surface area contributed by atoms with E-state index < -0.39 is 6.04 Å². The van der Waals surface area contributed by atoms with Crippen LogP contribution in [-0.4, -0.2) is 26.5 Å². The first-order chi connectivity index (χ1) is 8.11. The van der Waals surface area contributed by atoms with Crippen LogP contribution in [0.5, 0.6) is 0 Å². The zero-order chi connectivity index (χ0) is 12.4. The van der Waals surface area contributed by atoms with Gasteiger partial charge in [-0.25, -0.2) is 9.67 Å². The normalized spacial score (nSPS) is 12.7. The van der Waals surface area contributed by atoms with E-state index in [1.54, 1.807) is 36.1 Å². The van der Waals surface area contributed by atoms with E-state index in [0.29, 0.717) is 16.5 Å². The molecule has 0 aliphatic heterocycles. The molecule has 6 heteroatoms. The van der Waals surface area contributed by atoms with Gasteiger partial charge in [0.2, 0.25) is 0 Å². The summed E-state index contributed by atoms with van der Waals surface area (Å²) in [5, 5.41) is 13.8. The molecule has 0 amide bonds. The van der Waals surface area contributed by atoms with E-state index in [0.717, 1.165) is 5.56 Å². The predicted molar refractivity (Wildman–Crippen MR) is 65.1 cm³/mol. The smallest absolute Gasteiger partial charge is 0.147 e. The Morgan fingerprint density at radius 1 is 1.53 bits per heavy atom. The Labute approximate surface area is 104 Å². The van der Waals surface area contributed by atoms with Gasteiger partial charge in [0, 0.05) is 0 Å². The lowest BCUT2D eigenvalue weighted by molar-refractivity contribution is 0.268. The molecule has 2 aromatic rings. The SMILES string of the molecule is Cc1ncn(-c2cc(C(N)CO)ccc2Cl)n1. The number of benzene rings is 1. The summed E-state index contributed by atoms with van der Waals surface area (Å²) in [4.78, 5) is 4.04. The molecule has 0 spiro atoms. The second kappa shape index (κ2) is 4.83. The van der Waals surface area contributed by atoms with Gasteiger partial charge in [0.1, 0.15) is 12.2 Å². The number of rotatable bonds is 3. The van der Waals surface area contributed by atoms with Crippen molar-refractivity contribution in [2.45, 2.75) is 13.0 Å². The molecule has 0 aliphatic rings. The molecule has 0 bridgehead atoms. The van der Waals surface area contributed by atoms with Gasteiger partial charge in [-0.3, -0.25) is 0 Å². The highest BCUT2D eigenvalue weighted by Crippen LogP contribution is 2.23. The number of halogens is 1. The van der Waals surface area contributed by atoms with E-state index in [-0.39, 0.29) is 6.61 Å². The van der Waals surface area contributed by atoms with Crippen molar-refractivity contribution in [2.24, 2.45) is 5.73 Å². The molecule has 90 valence electrons. The van der Waals surface area contributed by atoms with E-state index in [4.69, 9.17) is 22.4 Å². The van der Waals surface area contributed by atoms with Gasteiger partial charge in [0.05, 0.1) is 23.4 Å². The summed E-state index contributed by atoms with van der Waals surface area (Å²) in [7, 11) is 0. The largest absolute Gasteiger partial charge is 0.394 e. The lowest BCUT2D eigenvalue weighted by Gasteiger charge is -2.11. The molecule has 1 heterocycles. The Bertz CT molecular complexity index is 526. The van der Waals surface area contributed by atoms with Gasteiger partial charge in [-0.15, -0.1) is 0 Å². The zero-order valence-corrected chi connectivity index (χ0v) is 10.1. The molecule has 0 aliphatic carbocycles. The molecule has 2 rings (SSSR count). The van der Waals surface area contributed by atoms with Gasteiger partial charge in [-0.1, -0.05) is 17.7 Å². The molecule has 0 saturated heterocycles. The highest BCUT2D eigenvalue weighted by Gasteiger charge is 2.10. The van der Waals surface area contributed by atoms with Crippen molar-refractivity contribution in [1.29, 1.82) is 0 Å². The van der Waals surface area contributed by atoms with Crippen molar-refractivity contribution in [2.75, 3.05) is 6.61 Å². The Balaban J connectivity index is 2.46. The number of aromatic nitrogens is 3. The van der Waals surface area contributed by atoms with E-state index in [2.05, 4.69) is 10.1 Å². The lowest BCUT2D eigenvalue weighted by atomic mass is 10.1. The molecular weight excluding hydrogens is 240 g/mol. The molecule has 1 unspecified atom stereocenters. The number of nitrogens with zero attached hydrogens (tertiary/aromatic N) is 3. The van der Waals surface area contributed by atoms with Gasteiger partial charge >= 0.3 is 0 Å². The number of aliphatic hydroxyl groups is 1. The first-order valence-electron chi connectivity index (χ1n) is 5.16. The van der Waals surface area contributed by atoms with Crippen molar-refractivity contribution < 1.29 is 5.11 Å². The minimum Gasteiger partial charge on any atom is -0.394 e. The minimum atomic E-state index is -0.421. The van der Waals surface area contributed by atoms with Crippen molar-refractivity contribution in [3.63, 3.8) is 0 Å². The van der Waals surface area contributed by atoms with E-state index in [9.17, 15) is 0 Å². The molecule has 0 radical (unpaired) electrons. The van der Waals surface area contributed by atoms with Crippen molar-refractivity contribution in [3.05, 3.63) is 40.9 Å². The van der Waals surface area contributed by atoms with Crippen LogP contribution < -0.4 is 5.73 Å². The van der Waals surface area contributed by atoms with Crippen LogP contribution in [0.3, 0.4) is 0 Å². The number of aliphatic hydroxyl groups excluding tert-OH is 1. The second-order valence-corrected chi connectivity index (χ2v) is 4.14. The van der Waals surface area contributed by atoms with Gasteiger partial charge < -0.3 is 10.8 Å². The fourth-order valence-electron chi connectivity index (χ4n) is 1.50. The second-order valence-electron chi connectivity index (χ2n) is 3.74. The average molecular weight is 253 g/mol. The quantitative estimate of drug-likeness (QED) is 0.861. The lowest BCUT2D eigenvalue weighted by Crippen LogP contribution is -2.14. The average Bonchev–Trinajstić information content (AvgIpc) is 2.75. The highest BCUT2D eigenvalue weighted by atomic mass is 35.5. The predicted octanol–water partition coefficient (Wildman–Crippen LogP) is 1.22. The van der Waals surface area contributed by atoms with Crippen LogP contribution in [0.15, 0.2) is 24.5 Å². The molecular formula is C11H13ClN4O. The first kappa shape index (κ1) is 12.0. The van der Waals surface area contributed by atoms with Crippen LogP contribution in [0.1, 0.15) is 17.4 Å². The summed E-state index contributed by atoms with van der Waals surface area (Å²) >= 11 is 6.10. The number of aryl methyl sites for hydroxylation is 1. The molecule has 5 nitrogen and oxygen atoms in total. The third-order valence-electron chi connectivity index (χ3n) is 2.45. The maximum atomic E-state index is 9.03. The molecule has 17 heavy (non-hydrogen) atoms. The maximum absolute atomic E-state index is 9.03. The summed E-state index contributed by atoms with van der Waals surface area (Å²) in [6.45, 7) is 1.69. The van der Waals surface area contributed by atoms with Gasteiger partial charge in [-0.2, -0.15) is 5.10 Å². The van der Waals surface area contributed by atoms with Crippen LogP contribution in [0, 0.1) is 6.92 Å². The first-order valence-corrected chi connectivity index (χ1v) is 5.54. The fraction of sp³-hybridized carbons (Fsp3) is 0.273. The fourth-order valence-corrected chi connectivity index (χ4v) is 1.71. The third kappa shape index (κ3) is 2.46. The zero-order valence-electron chi connectivity index (χ0n) is 9.34. The van der Waals surface area contributed by atoms with Crippen LogP contribution in [0.4, 0.5) is 0 Å². The van der Waals surface area contributed by atoms with Crippen LogP contribution >= 0.6 is 11.6 Å². The summed E-state index contributed by atoms with van der Waals surface area (Å²) in [6.07, 6.45) is 1.59. The van der Waals surface area contributed by atoms with E-state index >= 15 is 0 Å². The number of hydrogen-bond acceptors (Lipinski definition) is 4. The summed E-state index contributed by atoms with van der Waals surface area (Å²) in [5.41, 5.74) is 7.27. The topological polar surface area (TPSA) is 77.0 Å². The number of nitrogens with two attached hydrogens (primary N) is 1.